The van der Waals surface area contributed by atoms with E-state index in [-0.39, 0.29) is 0 Å². The van der Waals surface area contributed by atoms with Crippen molar-refractivity contribution < 1.29 is 4.42 Å². The van der Waals surface area contributed by atoms with Gasteiger partial charge in [-0.15, -0.1) is 0 Å². The molecule has 0 atom stereocenters. The first kappa shape index (κ1) is 25.4. The number of furan rings is 1. The van der Waals surface area contributed by atoms with E-state index in [4.69, 9.17) is 14.4 Å². The summed E-state index contributed by atoms with van der Waals surface area (Å²) in [5.74, 6) is 1.44. The van der Waals surface area contributed by atoms with Crippen molar-refractivity contribution in [2.45, 2.75) is 0 Å². The van der Waals surface area contributed by atoms with Crippen molar-refractivity contribution in [1.29, 1.82) is 0 Å². The molecule has 0 saturated heterocycles. The topological polar surface area (TPSA) is 48.3 Å². The summed E-state index contributed by atoms with van der Waals surface area (Å²) in [4.78, 5) is 10.4. The summed E-state index contributed by atoms with van der Waals surface area (Å²) in [6.07, 6.45) is 0. The van der Waals surface area contributed by atoms with Gasteiger partial charge >= 0.3 is 0 Å². The van der Waals surface area contributed by atoms with Gasteiger partial charge in [0.2, 0.25) is 5.71 Å². The lowest BCUT2D eigenvalue weighted by Crippen LogP contribution is -2.02. The molecule has 5 heteroatoms. The molecule has 226 valence electrons. The number of para-hydroxylation sites is 3. The van der Waals surface area contributed by atoms with Gasteiger partial charge in [-0.2, -0.15) is 4.98 Å². The molecule has 0 radical (unpaired) electrons. The number of aromatic nitrogens is 4. The lowest BCUT2D eigenvalue weighted by molar-refractivity contribution is 0.653. The van der Waals surface area contributed by atoms with Crippen LogP contribution in [0.4, 0.5) is 0 Å². The van der Waals surface area contributed by atoms with E-state index in [9.17, 15) is 0 Å². The first-order valence-corrected chi connectivity index (χ1v) is 16.6. The molecule has 0 spiro atoms. The summed E-state index contributed by atoms with van der Waals surface area (Å²) in [5.41, 5.74) is 8.22. The monoisotopic (exact) mass is 624 g/mol. The lowest BCUT2D eigenvalue weighted by atomic mass is 10.0. The molecule has 0 bridgehead atoms. The Labute approximate surface area is 278 Å². The Morgan fingerprint density at radius 3 is 2.02 bits per heavy atom. The molecule has 0 fully saturated rings. The van der Waals surface area contributed by atoms with Gasteiger partial charge in [-0.3, -0.25) is 4.57 Å². The fraction of sp³-hybridized carbons (Fsp3) is 0. The van der Waals surface area contributed by atoms with Gasteiger partial charge < -0.3 is 8.82 Å². The van der Waals surface area contributed by atoms with Gasteiger partial charge in [0.15, 0.2) is 11.6 Å². The number of rotatable bonds is 2. The maximum absolute atomic E-state index is 6.48. The highest BCUT2D eigenvalue weighted by Gasteiger charge is 2.27. The van der Waals surface area contributed by atoms with E-state index in [0.29, 0.717) is 11.5 Å². The van der Waals surface area contributed by atoms with Crippen LogP contribution < -0.4 is 0 Å². The van der Waals surface area contributed by atoms with Crippen molar-refractivity contribution in [2.24, 2.45) is 0 Å². The van der Waals surface area contributed by atoms with Crippen LogP contribution in [0.2, 0.25) is 0 Å². The molecule has 0 aliphatic heterocycles. The second kappa shape index (κ2) is 9.00. The summed E-state index contributed by atoms with van der Waals surface area (Å²) in [6.45, 7) is 0. The maximum atomic E-state index is 6.48. The highest BCUT2D eigenvalue weighted by Crippen LogP contribution is 2.48. The molecule has 12 rings (SSSR count). The molecule has 49 heavy (non-hydrogen) atoms. The first-order valence-electron chi connectivity index (χ1n) is 16.6. The summed E-state index contributed by atoms with van der Waals surface area (Å²) in [6, 6.07) is 51.6. The summed E-state index contributed by atoms with van der Waals surface area (Å²) >= 11 is 0. The van der Waals surface area contributed by atoms with Gasteiger partial charge in [-0.25, -0.2) is 4.98 Å². The van der Waals surface area contributed by atoms with E-state index in [0.717, 1.165) is 38.8 Å². The van der Waals surface area contributed by atoms with E-state index >= 15 is 0 Å². The molecular weight excluding hydrogens is 601 g/mol. The number of hydrogen-bond acceptors (Lipinski definition) is 3. The Morgan fingerprint density at radius 1 is 0.449 bits per heavy atom. The fourth-order valence-electron chi connectivity index (χ4n) is 8.46. The molecule has 0 aliphatic carbocycles. The van der Waals surface area contributed by atoms with E-state index in [1.807, 2.05) is 30.3 Å². The van der Waals surface area contributed by atoms with Crippen molar-refractivity contribution in [3.63, 3.8) is 0 Å². The van der Waals surface area contributed by atoms with Crippen LogP contribution in [0.25, 0.3) is 110 Å². The molecule has 12 aromatic rings. The summed E-state index contributed by atoms with van der Waals surface area (Å²) in [7, 11) is 0. The largest absolute Gasteiger partial charge is 0.437 e. The lowest BCUT2D eigenvalue weighted by Gasteiger charge is -2.11. The van der Waals surface area contributed by atoms with Crippen molar-refractivity contribution in [1.82, 2.24) is 18.9 Å². The molecule has 0 saturated carbocycles. The zero-order valence-electron chi connectivity index (χ0n) is 26.1. The summed E-state index contributed by atoms with van der Waals surface area (Å²) in [5, 5.41) is 11.7. The van der Waals surface area contributed by atoms with Crippen molar-refractivity contribution >= 4 is 92.7 Å². The third-order valence-corrected chi connectivity index (χ3v) is 10.4. The molecule has 5 heterocycles. The Kier molecular flexibility index (Phi) is 4.66. The molecular formula is C44H24N4O. The van der Waals surface area contributed by atoms with Gasteiger partial charge in [-0.1, -0.05) is 121 Å². The van der Waals surface area contributed by atoms with Crippen LogP contribution >= 0.6 is 0 Å². The average molecular weight is 625 g/mol. The Morgan fingerprint density at radius 2 is 1.14 bits per heavy atom. The van der Waals surface area contributed by atoms with Crippen molar-refractivity contribution in [2.75, 3.05) is 0 Å². The van der Waals surface area contributed by atoms with E-state index < -0.39 is 0 Å². The average Bonchev–Trinajstić information content (AvgIpc) is 3.90. The zero-order valence-corrected chi connectivity index (χ0v) is 26.1. The number of nitrogens with zero attached hydrogens (tertiary/aromatic N) is 4. The first-order chi connectivity index (χ1) is 24.3. The Balaban J connectivity index is 1.37. The van der Waals surface area contributed by atoms with Crippen LogP contribution in [0.15, 0.2) is 150 Å². The Bertz CT molecular complexity index is 3330. The predicted octanol–water partition coefficient (Wildman–Crippen LogP) is 11.4. The third kappa shape index (κ3) is 3.15. The maximum Gasteiger partial charge on any atom is 0.233 e. The Hall–Kier alpha value is -6.72. The van der Waals surface area contributed by atoms with Crippen molar-refractivity contribution in [3.05, 3.63) is 146 Å². The predicted molar refractivity (Wildman–Crippen MR) is 201 cm³/mol. The molecule has 0 aliphatic rings. The second-order valence-electron chi connectivity index (χ2n) is 12.9. The van der Waals surface area contributed by atoms with Gasteiger partial charge in [-0.05, 0) is 29.7 Å². The number of benzene rings is 7. The number of hydrogen-bond donors (Lipinski definition) is 0. The van der Waals surface area contributed by atoms with E-state index in [1.54, 1.807) is 0 Å². The van der Waals surface area contributed by atoms with Gasteiger partial charge in [0.05, 0.1) is 33.0 Å². The molecule has 7 aromatic carbocycles. The number of fused-ring (bicyclic) bond motifs is 15. The van der Waals surface area contributed by atoms with Gasteiger partial charge in [0, 0.05) is 48.7 Å². The zero-order chi connectivity index (χ0) is 31.8. The van der Waals surface area contributed by atoms with Crippen LogP contribution in [0.5, 0.6) is 0 Å². The normalized spacial score (nSPS) is 12.5. The minimum absolute atomic E-state index is 0.578. The van der Waals surface area contributed by atoms with Crippen LogP contribution in [0.3, 0.4) is 0 Å². The molecule has 0 unspecified atom stereocenters. The molecule has 5 nitrogen and oxygen atoms in total. The third-order valence-electron chi connectivity index (χ3n) is 10.4. The minimum Gasteiger partial charge on any atom is -0.437 e. The van der Waals surface area contributed by atoms with Gasteiger partial charge in [0.25, 0.3) is 0 Å². The SMILES string of the molecule is c1ccc(-c2nc(-n3c4ccccc4c4cc5c6ccc7ccccc7c6n6c7ccccc7c(c43)c56)c3c(n2)oc2ccccc23)cc1. The van der Waals surface area contributed by atoms with Crippen LogP contribution in [0, 0.1) is 0 Å². The fourth-order valence-corrected chi connectivity index (χ4v) is 8.46. The van der Waals surface area contributed by atoms with Gasteiger partial charge in [0.1, 0.15) is 5.58 Å². The molecule has 0 amide bonds. The summed E-state index contributed by atoms with van der Waals surface area (Å²) < 4.78 is 11.4. The standard InChI is InChI=1S/C44H24N4O/c1-2-13-26(14-3-1)42-45-43(38-31-18-8-11-21-36(31)49-44(38)46-42)48-34-19-9-6-16-28(34)32-24-33-29-23-22-25-12-4-5-15-27(25)39(29)47-35-20-10-7-17-30(35)37(40(33)47)41(32)48/h1-24H. The smallest absolute Gasteiger partial charge is 0.233 e. The van der Waals surface area contributed by atoms with E-state index in [2.05, 4.69) is 124 Å². The highest BCUT2D eigenvalue weighted by atomic mass is 16.3. The van der Waals surface area contributed by atoms with Crippen molar-refractivity contribution in [3.8, 4) is 17.2 Å². The highest BCUT2D eigenvalue weighted by molar-refractivity contribution is 6.36. The molecule has 5 aromatic heterocycles. The molecule has 0 N–H and O–H groups in total. The second-order valence-corrected chi connectivity index (χ2v) is 12.9. The quantitative estimate of drug-likeness (QED) is 0.192. The van der Waals surface area contributed by atoms with Crippen LogP contribution in [-0.4, -0.2) is 18.9 Å². The van der Waals surface area contributed by atoms with E-state index in [1.165, 1.54) is 59.6 Å². The van der Waals surface area contributed by atoms with Crippen LogP contribution in [0.1, 0.15) is 0 Å². The van der Waals surface area contributed by atoms with Crippen LogP contribution in [-0.2, 0) is 0 Å². The minimum atomic E-state index is 0.578.